The summed E-state index contributed by atoms with van der Waals surface area (Å²) in [5.74, 6) is -1.25. The number of nitrogens with one attached hydrogen (secondary N) is 1. The van der Waals surface area contributed by atoms with Gasteiger partial charge in [-0.3, -0.25) is 4.79 Å². The zero-order valence-electron chi connectivity index (χ0n) is 9.71. The number of amides is 1. The van der Waals surface area contributed by atoms with Crippen LogP contribution in [0.1, 0.15) is 12.5 Å². The molecule has 0 aliphatic heterocycles. The Morgan fingerprint density at radius 2 is 2.28 bits per heavy atom. The average molecular weight is 248 g/mol. The molecule has 0 aromatic heterocycles. The van der Waals surface area contributed by atoms with Gasteiger partial charge >= 0.3 is 5.97 Å². The molecule has 0 saturated heterocycles. The summed E-state index contributed by atoms with van der Waals surface area (Å²) < 4.78 is 5.23. The Balaban J connectivity index is 2.64. The lowest BCUT2D eigenvalue weighted by molar-refractivity contribution is -0.142. The fourth-order valence-corrected chi connectivity index (χ4v) is 1.26. The van der Waals surface area contributed by atoms with Crippen molar-refractivity contribution in [1.29, 1.82) is 5.26 Å². The first kappa shape index (κ1) is 13.5. The molecule has 0 heterocycles. The number of carbonyl (C=O) groups is 2. The van der Waals surface area contributed by atoms with Crippen LogP contribution in [0.5, 0.6) is 5.75 Å². The number of aliphatic carboxylic acids is 1. The Hall–Kier alpha value is -2.55. The van der Waals surface area contributed by atoms with Crippen molar-refractivity contribution in [3.63, 3.8) is 0 Å². The predicted octanol–water partition coefficient (Wildman–Crippen LogP) is 0.526. The summed E-state index contributed by atoms with van der Waals surface area (Å²) in [7, 11) is 0. The molecule has 0 spiro atoms. The van der Waals surface area contributed by atoms with E-state index in [2.05, 4.69) is 5.32 Å². The standard InChI is InChI=1S/C12H12N2O4/c1-8(15)14-11(12(16)17)7-18-10-4-2-3-9(5-10)6-13/h2-5,11H,7H2,1H3,(H,14,15)(H,16,17). The van der Waals surface area contributed by atoms with Gasteiger partial charge < -0.3 is 15.2 Å². The van der Waals surface area contributed by atoms with Crippen LogP contribution >= 0.6 is 0 Å². The topological polar surface area (TPSA) is 99.4 Å². The zero-order valence-corrected chi connectivity index (χ0v) is 9.71. The van der Waals surface area contributed by atoms with Gasteiger partial charge in [-0.25, -0.2) is 4.79 Å². The first-order valence-corrected chi connectivity index (χ1v) is 5.16. The average Bonchev–Trinajstić information content (AvgIpc) is 2.34. The van der Waals surface area contributed by atoms with Gasteiger partial charge in [0.1, 0.15) is 12.4 Å². The monoisotopic (exact) mass is 248 g/mol. The molecule has 0 saturated carbocycles. The second-order valence-corrected chi connectivity index (χ2v) is 3.54. The Kier molecular flexibility index (Phi) is 4.69. The van der Waals surface area contributed by atoms with Gasteiger partial charge in [-0.2, -0.15) is 5.26 Å². The molecule has 1 aromatic carbocycles. The summed E-state index contributed by atoms with van der Waals surface area (Å²) >= 11 is 0. The second-order valence-electron chi connectivity index (χ2n) is 3.54. The molecule has 0 aliphatic carbocycles. The Labute approximate surface area is 104 Å². The van der Waals surface area contributed by atoms with E-state index >= 15 is 0 Å². The van der Waals surface area contributed by atoms with Crippen molar-refractivity contribution in [2.75, 3.05) is 6.61 Å². The van der Waals surface area contributed by atoms with E-state index < -0.39 is 17.9 Å². The van der Waals surface area contributed by atoms with Crippen molar-refractivity contribution in [2.24, 2.45) is 0 Å². The van der Waals surface area contributed by atoms with E-state index in [0.29, 0.717) is 11.3 Å². The normalized spacial score (nSPS) is 11.1. The number of nitrogens with zero attached hydrogens (tertiary/aromatic N) is 1. The van der Waals surface area contributed by atoms with Gasteiger partial charge in [0.05, 0.1) is 11.6 Å². The lowest BCUT2D eigenvalue weighted by Crippen LogP contribution is -2.43. The maximum Gasteiger partial charge on any atom is 0.329 e. The van der Waals surface area contributed by atoms with E-state index in [-0.39, 0.29) is 6.61 Å². The minimum atomic E-state index is -1.18. The Morgan fingerprint density at radius 3 is 2.83 bits per heavy atom. The van der Waals surface area contributed by atoms with Crippen LogP contribution in [0.2, 0.25) is 0 Å². The Bertz CT molecular complexity index is 493. The minimum absolute atomic E-state index is 0.205. The number of nitriles is 1. The predicted molar refractivity (Wildman–Crippen MR) is 61.9 cm³/mol. The van der Waals surface area contributed by atoms with E-state index in [4.69, 9.17) is 15.1 Å². The van der Waals surface area contributed by atoms with Gasteiger partial charge in [0.2, 0.25) is 5.91 Å². The summed E-state index contributed by atoms with van der Waals surface area (Å²) in [5.41, 5.74) is 0.416. The van der Waals surface area contributed by atoms with Gasteiger partial charge in [-0.1, -0.05) is 6.07 Å². The molecule has 0 aliphatic rings. The van der Waals surface area contributed by atoms with Crippen molar-refractivity contribution in [3.05, 3.63) is 29.8 Å². The summed E-state index contributed by atoms with van der Waals surface area (Å²) in [6, 6.07) is 7.16. The van der Waals surface area contributed by atoms with Gasteiger partial charge in [0.15, 0.2) is 6.04 Å². The number of benzene rings is 1. The van der Waals surface area contributed by atoms with Gasteiger partial charge in [0, 0.05) is 6.92 Å². The quantitative estimate of drug-likeness (QED) is 0.791. The number of hydrogen-bond acceptors (Lipinski definition) is 4. The highest BCUT2D eigenvalue weighted by molar-refractivity contribution is 5.82. The van der Waals surface area contributed by atoms with Gasteiger partial charge in [-0.15, -0.1) is 0 Å². The van der Waals surface area contributed by atoms with Crippen LogP contribution in [0.25, 0.3) is 0 Å². The number of carbonyl (C=O) groups excluding carboxylic acids is 1. The highest BCUT2D eigenvalue weighted by Gasteiger charge is 2.19. The van der Waals surface area contributed by atoms with Crippen LogP contribution in [0, 0.1) is 11.3 Å². The molecule has 94 valence electrons. The highest BCUT2D eigenvalue weighted by atomic mass is 16.5. The molecular weight excluding hydrogens is 236 g/mol. The van der Waals surface area contributed by atoms with Crippen LogP contribution in [0.15, 0.2) is 24.3 Å². The van der Waals surface area contributed by atoms with Crippen LogP contribution < -0.4 is 10.1 Å². The zero-order chi connectivity index (χ0) is 13.5. The van der Waals surface area contributed by atoms with Gasteiger partial charge in [-0.05, 0) is 18.2 Å². The largest absolute Gasteiger partial charge is 0.491 e. The number of rotatable bonds is 5. The fraction of sp³-hybridized carbons (Fsp3) is 0.250. The molecule has 0 radical (unpaired) electrons. The fourth-order valence-electron chi connectivity index (χ4n) is 1.26. The smallest absolute Gasteiger partial charge is 0.329 e. The molecule has 1 rings (SSSR count). The van der Waals surface area contributed by atoms with Crippen molar-refractivity contribution in [3.8, 4) is 11.8 Å². The number of hydrogen-bond donors (Lipinski definition) is 2. The molecule has 1 amide bonds. The van der Waals surface area contributed by atoms with E-state index in [9.17, 15) is 9.59 Å². The van der Waals surface area contributed by atoms with E-state index in [1.165, 1.54) is 13.0 Å². The molecule has 0 bridgehead atoms. The van der Waals surface area contributed by atoms with Crippen molar-refractivity contribution < 1.29 is 19.4 Å². The lowest BCUT2D eigenvalue weighted by atomic mass is 10.2. The van der Waals surface area contributed by atoms with Crippen molar-refractivity contribution >= 4 is 11.9 Å². The maximum atomic E-state index is 10.8. The lowest BCUT2D eigenvalue weighted by Gasteiger charge is -2.14. The minimum Gasteiger partial charge on any atom is -0.491 e. The molecule has 1 unspecified atom stereocenters. The Morgan fingerprint density at radius 1 is 1.56 bits per heavy atom. The molecule has 0 fully saturated rings. The van der Waals surface area contributed by atoms with Crippen LogP contribution in [0.4, 0.5) is 0 Å². The van der Waals surface area contributed by atoms with E-state index in [1.54, 1.807) is 18.2 Å². The summed E-state index contributed by atoms with van der Waals surface area (Å²) in [6.07, 6.45) is 0. The van der Waals surface area contributed by atoms with E-state index in [1.807, 2.05) is 6.07 Å². The third-order valence-electron chi connectivity index (χ3n) is 2.06. The van der Waals surface area contributed by atoms with E-state index in [0.717, 1.165) is 0 Å². The molecule has 6 heteroatoms. The first-order valence-electron chi connectivity index (χ1n) is 5.16. The van der Waals surface area contributed by atoms with Crippen LogP contribution in [-0.2, 0) is 9.59 Å². The molecule has 2 N–H and O–H groups in total. The number of carboxylic acid groups (broad SMARTS) is 1. The first-order chi connectivity index (χ1) is 8.52. The molecule has 1 aromatic rings. The molecule has 1 atom stereocenters. The van der Waals surface area contributed by atoms with Gasteiger partial charge in [0.25, 0.3) is 0 Å². The molecule has 18 heavy (non-hydrogen) atoms. The second kappa shape index (κ2) is 6.25. The van der Waals surface area contributed by atoms with Crippen molar-refractivity contribution in [1.82, 2.24) is 5.32 Å². The SMILES string of the molecule is CC(=O)NC(COc1cccc(C#N)c1)C(=O)O. The van der Waals surface area contributed by atoms with Crippen molar-refractivity contribution in [2.45, 2.75) is 13.0 Å². The van der Waals surface area contributed by atoms with Crippen LogP contribution in [-0.4, -0.2) is 29.6 Å². The third kappa shape index (κ3) is 4.14. The molecule has 6 nitrogen and oxygen atoms in total. The summed E-state index contributed by atoms with van der Waals surface area (Å²) in [6.45, 7) is 1.02. The molecular formula is C12H12N2O4. The number of ether oxygens (including phenoxy) is 1. The third-order valence-corrected chi connectivity index (χ3v) is 2.06. The summed E-state index contributed by atoms with van der Waals surface area (Å²) in [4.78, 5) is 21.6. The summed E-state index contributed by atoms with van der Waals surface area (Å²) in [5, 5.41) is 19.8. The maximum absolute atomic E-state index is 10.8. The number of carboxylic acids is 1. The van der Waals surface area contributed by atoms with Crippen LogP contribution in [0.3, 0.4) is 0 Å². The highest BCUT2D eigenvalue weighted by Crippen LogP contribution is 2.12.